The van der Waals surface area contributed by atoms with Crippen LogP contribution in [0.2, 0.25) is 0 Å². The summed E-state index contributed by atoms with van der Waals surface area (Å²) in [6.07, 6.45) is 5.75. The summed E-state index contributed by atoms with van der Waals surface area (Å²) < 4.78 is 0. The van der Waals surface area contributed by atoms with Crippen LogP contribution in [0.5, 0.6) is 0 Å². The first-order valence-corrected chi connectivity index (χ1v) is 8.10. The zero-order valence-corrected chi connectivity index (χ0v) is 25.5. The Morgan fingerprint density at radius 1 is 0.429 bits per heavy atom. The molecule has 0 unspecified atom stereocenters. The summed E-state index contributed by atoms with van der Waals surface area (Å²) in [5.41, 5.74) is 0. The van der Waals surface area contributed by atoms with Crippen LogP contribution in [-0.2, 0) is 19.2 Å². The van der Waals surface area contributed by atoms with Crippen molar-refractivity contribution in [3.63, 3.8) is 0 Å². The molecule has 0 aliphatic carbocycles. The van der Waals surface area contributed by atoms with Gasteiger partial charge in [0.1, 0.15) is 0 Å². The van der Waals surface area contributed by atoms with Gasteiger partial charge >= 0.3 is 118 Å². The van der Waals surface area contributed by atoms with E-state index in [1.807, 2.05) is 0 Å². The number of hydrogen-bond donors (Lipinski definition) is 0. The molecule has 0 aromatic heterocycles. The van der Waals surface area contributed by atoms with Crippen LogP contribution in [0.25, 0.3) is 0 Å². The first-order chi connectivity index (χ1) is 11.3. The number of carbonyl (C=O) groups is 4. The third-order valence-electron chi connectivity index (χ3n) is 3.87. The topological polar surface area (TPSA) is 161 Å². The number of carboxylic acid groups (broad SMARTS) is 4. The molecule has 0 rings (SSSR count). The molecule has 28 heavy (non-hydrogen) atoms. The molecule has 0 fully saturated rings. The molecule has 0 amide bonds. The predicted molar refractivity (Wildman–Crippen MR) is 73.2 cm³/mol. The molecular formula is C16H22Na4O8. The third-order valence-corrected chi connectivity index (χ3v) is 3.87. The molecule has 0 aromatic carbocycles. The van der Waals surface area contributed by atoms with E-state index in [1.165, 1.54) is 0 Å². The van der Waals surface area contributed by atoms with E-state index in [-0.39, 0.29) is 131 Å². The van der Waals surface area contributed by atoms with Gasteiger partial charge in [0, 0.05) is 11.8 Å². The van der Waals surface area contributed by atoms with Crippen LogP contribution in [0, 0.1) is 11.8 Å². The van der Waals surface area contributed by atoms with Crippen molar-refractivity contribution in [1.29, 1.82) is 0 Å². The van der Waals surface area contributed by atoms with E-state index >= 15 is 0 Å². The van der Waals surface area contributed by atoms with Crippen LogP contribution >= 0.6 is 0 Å². The van der Waals surface area contributed by atoms with Crippen molar-refractivity contribution in [3.8, 4) is 0 Å². The normalized spacial score (nSPS) is 9.36. The van der Waals surface area contributed by atoms with Crippen molar-refractivity contribution in [2.24, 2.45) is 11.8 Å². The van der Waals surface area contributed by atoms with Gasteiger partial charge in [0.2, 0.25) is 0 Å². The average Bonchev–Trinajstić information content (AvgIpc) is 2.46. The maximum Gasteiger partial charge on any atom is 1.00 e. The monoisotopic (exact) mass is 434 g/mol. The standard InChI is InChI=1S/C16H26O8.4Na/c17-13(18)11(14(19)20)9-7-5-3-1-2-4-6-8-10-12(15(21)22)16(23)24;;;;/h11-12H,1-10H2,(H,17,18)(H,19,20)(H,21,22)(H,23,24);;;;/q;4*+1/p-4. The SMILES string of the molecule is O=C([O-])C(CCCCCCCCCCC(C(=O)[O-])C(=O)[O-])C(=O)[O-].[Na+].[Na+].[Na+].[Na+]. The number of unbranched alkanes of at least 4 members (excludes halogenated alkanes) is 7. The Morgan fingerprint density at radius 3 is 0.786 bits per heavy atom. The van der Waals surface area contributed by atoms with Crippen LogP contribution in [0.1, 0.15) is 64.2 Å². The molecule has 12 heteroatoms. The fourth-order valence-electron chi connectivity index (χ4n) is 2.42. The molecule has 0 radical (unpaired) electrons. The molecule has 8 nitrogen and oxygen atoms in total. The molecule has 0 N–H and O–H groups in total. The van der Waals surface area contributed by atoms with Gasteiger partial charge in [0.05, 0.1) is 23.9 Å². The Hall–Kier alpha value is 1.88. The summed E-state index contributed by atoms with van der Waals surface area (Å²) in [5, 5.41) is 42.1. The van der Waals surface area contributed by atoms with Crippen molar-refractivity contribution in [1.82, 2.24) is 0 Å². The minimum Gasteiger partial charge on any atom is -0.549 e. The number of carboxylic acids is 4. The van der Waals surface area contributed by atoms with Gasteiger partial charge in [-0.3, -0.25) is 0 Å². The average molecular weight is 434 g/mol. The third kappa shape index (κ3) is 21.1. The smallest absolute Gasteiger partial charge is 0.549 e. The molecule has 138 valence electrons. The van der Waals surface area contributed by atoms with Gasteiger partial charge in [-0.15, -0.1) is 0 Å². The van der Waals surface area contributed by atoms with Crippen LogP contribution in [0.4, 0.5) is 0 Å². The van der Waals surface area contributed by atoms with E-state index in [4.69, 9.17) is 0 Å². The Kier molecular flexibility index (Phi) is 36.2. The summed E-state index contributed by atoms with van der Waals surface area (Å²) >= 11 is 0. The Bertz CT molecular complexity index is 380. The van der Waals surface area contributed by atoms with Gasteiger partial charge in [0.25, 0.3) is 0 Å². The quantitative estimate of drug-likeness (QED) is 0.139. The largest absolute Gasteiger partial charge is 1.00 e. The number of carbonyl (C=O) groups excluding carboxylic acids is 4. The molecule has 0 aliphatic rings. The molecule has 0 atom stereocenters. The van der Waals surface area contributed by atoms with Crippen molar-refractivity contribution < 1.29 is 158 Å². The number of aliphatic carboxylic acids is 4. The maximum atomic E-state index is 10.5. The Balaban J connectivity index is -0.000000441. The minimum atomic E-state index is -1.62. The summed E-state index contributed by atoms with van der Waals surface area (Å²) in [6.45, 7) is 0. The zero-order chi connectivity index (χ0) is 18.5. The maximum absolute atomic E-state index is 10.5. The summed E-state index contributed by atoms with van der Waals surface area (Å²) in [4.78, 5) is 42.1. The van der Waals surface area contributed by atoms with Crippen molar-refractivity contribution >= 4 is 23.9 Å². The molecule has 0 saturated carbocycles. The Labute approximate surface area is 254 Å². The van der Waals surface area contributed by atoms with Gasteiger partial charge in [-0.1, -0.05) is 51.4 Å². The van der Waals surface area contributed by atoms with E-state index in [9.17, 15) is 39.6 Å². The van der Waals surface area contributed by atoms with Crippen LogP contribution < -0.4 is 139 Å². The van der Waals surface area contributed by atoms with Crippen LogP contribution in [-0.4, -0.2) is 23.9 Å². The van der Waals surface area contributed by atoms with E-state index in [0.717, 1.165) is 25.7 Å². The van der Waals surface area contributed by atoms with E-state index in [1.54, 1.807) is 0 Å². The van der Waals surface area contributed by atoms with Crippen LogP contribution in [0.15, 0.2) is 0 Å². The van der Waals surface area contributed by atoms with E-state index in [2.05, 4.69) is 0 Å². The van der Waals surface area contributed by atoms with Gasteiger partial charge in [-0.25, -0.2) is 0 Å². The van der Waals surface area contributed by atoms with Crippen LogP contribution in [0.3, 0.4) is 0 Å². The van der Waals surface area contributed by atoms with Gasteiger partial charge in [0.15, 0.2) is 0 Å². The fraction of sp³-hybridized carbons (Fsp3) is 0.750. The first kappa shape index (κ1) is 40.3. The predicted octanol–water partition coefficient (Wildman–Crippen LogP) is -14.9. The summed E-state index contributed by atoms with van der Waals surface area (Å²) in [7, 11) is 0. The molecule has 0 saturated heterocycles. The second-order valence-electron chi connectivity index (χ2n) is 5.79. The van der Waals surface area contributed by atoms with Gasteiger partial charge < -0.3 is 39.6 Å². The number of rotatable bonds is 15. The summed E-state index contributed by atoms with van der Waals surface area (Å²) in [5.74, 6) is -9.62. The molecule has 0 bridgehead atoms. The van der Waals surface area contributed by atoms with Crippen molar-refractivity contribution in [2.75, 3.05) is 0 Å². The fourth-order valence-corrected chi connectivity index (χ4v) is 2.42. The Morgan fingerprint density at radius 2 is 0.607 bits per heavy atom. The zero-order valence-electron chi connectivity index (χ0n) is 17.5. The van der Waals surface area contributed by atoms with Crippen molar-refractivity contribution in [2.45, 2.75) is 64.2 Å². The first-order valence-electron chi connectivity index (χ1n) is 8.10. The summed E-state index contributed by atoms with van der Waals surface area (Å²) in [6, 6.07) is 0. The molecule has 0 aromatic rings. The van der Waals surface area contributed by atoms with Gasteiger partial charge in [-0.2, -0.15) is 0 Å². The second-order valence-corrected chi connectivity index (χ2v) is 5.79. The minimum absolute atomic E-state index is 0. The van der Waals surface area contributed by atoms with E-state index < -0.39 is 35.7 Å². The van der Waals surface area contributed by atoms with E-state index in [0.29, 0.717) is 25.7 Å². The van der Waals surface area contributed by atoms with Crippen molar-refractivity contribution in [3.05, 3.63) is 0 Å². The molecule has 0 heterocycles. The molecular weight excluding hydrogens is 412 g/mol. The number of hydrogen-bond acceptors (Lipinski definition) is 8. The molecule has 0 spiro atoms. The second kappa shape index (κ2) is 25.1. The molecule has 0 aliphatic heterocycles. The van der Waals surface area contributed by atoms with Gasteiger partial charge in [-0.05, 0) is 12.8 Å².